The molecule has 0 saturated heterocycles. The topological polar surface area (TPSA) is 100 Å². The lowest BCUT2D eigenvalue weighted by molar-refractivity contribution is -0.385. The van der Waals surface area contributed by atoms with E-state index in [1.165, 1.54) is 12.1 Å². The second-order valence-corrected chi connectivity index (χ2v) is 4.27. The minimum atomic E-state index is -0.555. The molecule has 1 aromatic carbocycles. The van der Waals surface area contributed by atoms with Crippen molar-refractivity contribution in [3.63, 3.8) is 0 Å². The Kier molecular flexibility index (Phi) is 4.49. The summed E-state index contributed by atoms with van der Waals surface area (Å²) in [5, 5.41) is 10.9. The van der Waals surface area contributed by atoms with Gasteiger partial charge in [0.05, 0.1) is 11.5 Å². The fourth-order valence-electron chi connectivity index (χ4n) is 1.51. The summed E-state index contributed by atoms with van der Waals surface area (Å²) in [5.74, 6) is 0.0183. The third-order valence-electron chi connectivity index (χ3n) is 2.35. The molecule has 0 bridgehead atoms. The van der Waals surface area contributed by atoms with E-state index in [1.54, 1.807) is 19.9 Å². The molecule has 0 fully saturated rings. The van der Waals surface area contributed by atoms with Crippen LogP contribution in [-0.2, 0) is 0 Å². The number of benzene rings is 1. The van der Waals surface area contributed by atoms with Crippen molar-refractivity contribution in [3.05, 3.63) is 39.2 Å². The quantitative estimate of drug-likeness (QED) is 0.618. The summed E-state index contributed by atoms with van der Waals surface area (Å²) in [6, 6.07) is 4.28. The van der Waals surface area contributed by atoms with E-state index in [0.717, 1.165) is 5.56 Å². The van der Waals surface area contributed by atoms with Crippen molar-refractivity contribution < 1.29 is 14.4 Å². The highest BCUT2D eigenvalue weighted by Crippen LogP contribution is 2.31. The average molecular weight is 311 g/mol. The largest absolute Gasteiger partial charge is 0.464 e. The summed E-state index contributed by atoms with van der Waals surface area (Å²) in [4.78, 5) is 21.8. The van der Waals surface area contributed by atoms with E-state index in [0.29, 0.717) is 6.61 Å². The highest BCUT2D eigenvalue weighted by molar-refractivity contribution is 6.28. The molecule has 0 radical (unpaired) electrons. The van der Waals surface area contributed by atoms with Crippen molar-refractivity contribution in [1.82, 2.24) is 15.0 Å². The van der Waals surface area contributed by atoms with Gasteiger partial charge in [0.1, 0.15) is 0 Å². The van der Waals surface area contributed by atoms with Crippen LogP contribution in [-0.4, -0.2) is 26.5 Å². The molecule has 2 aromatic rings. The molecule has 0 amide bonds. The van der Waals surface area contributed by atoms with Crippen molar-refractivity contribution >= 4 is 17.3 Å². The summed E-state index contributed by atoms with van der Waals surface area (Å²) in [7, 11) is 0. The number of nitrogens with zero attached hydrogens (tertiary/aromatic N) is 4. The Hall–Kier alpha value is -2.48. The van der Waals surface area contributed by atoms with Crippen molar-refractivity contribution in [3.8, 4) is 17.8 Å². The van der Waals surface area contributed by atoms with Crippen LogP contribution in [0.5, 0.6) is 17.8 Å². The third-order valence-corrected chi connectivity index (χ3v) is 2.52. The molecule has 0 saturated carbocycles. The van der Waals surface area contributed by atoms with E-state index in [1.807, 2.05) is 0 Å². The molecule has 0 spiro atoms. The van der Waals surface area contributed by atoms with Crippen LogP contribution >= 0.6 is 11.6 Å². The first-order valence-corrected chi connectivity index (χ1v) is 6.34. The molecule has 0 atom stereocenters. The van der Waals surface area contributed by atoms with Gasteiger partial charge < -0.3 is 9.47 Å². The Balaban J connectivity index is 2.37. The molecule has 0 unspecified atom stereocenters. The van der Waals surface area contributed by atoms with Crippen molar-refractivity contribution in [2.75, 3.05) is 6.61 Å². The monoisotopic (exact) mass is 310 g/mol. The lowest BCUT2D eigenvalue weighted by Gasteiger charge is -2.07. The van der Waals surface area contributed by atoms with Crippen LogP contribution in [0.2, 0.25) is 5.28 Å². The number of rotatable bonds is 5. The number of halogens is 1. The number of aryl methyl sites for hydroxylation is 1. The molecule has 0 aliphatic carbocycles. The fraction of sp³-hybridized carbons (Fsp3) is 0.250. The summed E-state index contributed by atoms with van der Waals surface area (Å²) in [5.41, 5.74) is 0.593. The second-order valence-electron chi connectivity index (χ2n) is 3.93. The third kappa shape index (κ3) is 3.76. The summed E-state index contributed by atoms with van der Waals surface area (Å²) in [6.45, 7) is 3.87. The van der Waals surface area contributed by atoms with E-state index in [-0.39, 0.29) is 28.7 Å². The average Bonchev–Trinajstić information content (AvgIpc) is 2.38. The van der Waals surface area contributed by atoms with Gasteiger partial charge in [-0.3, -0.25) is 10.1 Å². The van der Waals surface area contributed by atoms with Crippen LogP contribution in [0.1, 0.15) is 12.5 Å². The Labute approximate surface area is 124 Å². The Morgan fingerprint density at radius 1 is 1.29 bits per heavy atom. The first-order chi connectivity index (χ1) is 9.99. The Morgan fingerprint density at radius 2 is 2.00 bits per heavy atom. The van der Waals surface area contributed by atoms with E-state index < -0.39 is 4.92 Å². The van der Waals surface area contributed by atoms with Crippen LogP contribution in [0.3, 0.4) is 0 Å². The summed E-state index contributed by atoms with van der Waals surface area (Å²) < 4.78 is 10.5. The van der Waals surface area contributed by atoms with Crippen LogP contribution in [0, 0.1) is 17.0 Å². The van der Waals surface area contributed by atoms with Crippen LogP contribution < -0.4 is 9.47 Å². The van der Waals surface area contributed by atoms with E-state index in [4.69, 9.17) is 21.1 Å². The molecule has 8 nitrogen and oxygen atoms in total. The first kappa shape index (κ1) is 14.9. The molecule has 0 N–H and O–H groups in total. The second kappa shape index (κ2) is 6.31. The highest BCUT2D eigenvalue weighted by atomic mass is 35.5. The van der Waals surface area contributed by atoms with Gasteiger partial charge in [-0.25, -0.2) is 0 Å². The van der Waals surface area contributed by atoms with Gasteiger partial charge in [0.25, 0.3) is 0 Å². The smallest absolute Gasteiger partial charge is 0.329 e. The zero-order chi connectivity index (χ0) is 15.4. The number of hydrogen-bond donors (Lipinski definition) is 0. The first-order valence-electron chi connectivity index (χ1n) is 5.97. The van der Waals surface area contributed by atoms with Gasteiger partial charge in [0.2, 0.25) is 11.0 Å². The number of ether oxygens (including phenoxy) is 2. The summed E-state index contributed by atoms with van der Waals surface area (Å²) in [6.07, 6.45) is 0. The molecule has 0 aliphatic heterocycles. The minimum absolute atomic E-state index is 0.0113. The van der Waals surface area contributed by atoms with E-state index >= 15 is 0 Å². The zero-order valence-corrected chi connectivity index (χ0v) is 12.0. The lowest BCUT2D eigenvalue weighted by atomic mass is 10.2. The SMILES string of the molecule is CCOc1nc(Cl)nc(Oc2cc(C)ccc2[N+](=O)[O-])n1. The van der Waals surface area contributed by atoms with Gasteiger partial charge in [-0.2, -0.15) is 9.97 Å². The van der Waals surface area contributed by atoms with Crippen molar-refractivity contribution in [2.45, 2.75) is 13.8 Å². The maximum absolute atomic E-state index is 11.0. The number of hydrogen-bond acceptors (Lipinski definition) is 7. The summed E-state index contributed by atoms with van der Waals surface area (Å²) >= 11 is 5.73. The number of aromatic nitrogens is 3. The van der Waals surface area contributed by atoms with Crippen molar-refractivity contribution in [2.24, 2.45) is 0 Å². The molecule has 9 heteroatoms. The molecular formula is C12H11ClN4O4. The van der Waals surface area contributed by atoms with Crippen molar-refractivity contribution in [1.29, 1.82) is 0 Å². The number of nitro benzene ring substituents is 1. The predicted molar refractivity (Wildman–Crippen MR) is 73.9 cm³/mol. The van der Waals surface area contributed by atoms with E-state index in [9.17, 15) is 10.1 Å². The van der Waals surface area contributed by atoms with Crippen LogP contribution in [0.4, 0.5) is 5.69 Å². The van der Waals surface area contributed by atoms with E-state index in [2.05, 4.69) is 15.0 Å². The van der Waals surface area contributed by atoms with Gasteiger partial charge in [-0.15, -0.1) is 4.98 Å². The lowest BCUT2D eigenvalue weighted by Crippen LogP contribution is -2.02. The highest BCUT2D eigenvalue weighted by Gasteiger charge is 2.18. The number of nitro groups is 1. The molecule has 0 aliphatic rings. The fourth-order valence-corrected chi connectivity index (χ4v) is 1.65. The Morgan fingerprint density at radius 3 is 2.67 bits per heavy atom. The normalized spacial score (nSPS) is 10.2. The minimum Gasteiger partial charge on any atom is -0.464 e. The molecule has 1 heterocycles. The molecule has 21 heavy (non-hydrogen) atoms. The van der Waals surface area contributed by atoms with Gasteiger partial charge >= 0.3 is 17.7 Å². The molecule has 2 rings (SSSR count). The van der Waals surface area contributed by atoms with Gasteiger partial charge in [0, 0.05) is 6.07 Å². The molecule has 110 valence electrons. The van der Waals surface area contributed by atoms with Gasteiger partial charge in [0.15, 0.2) is 0 Å². The van der Waals surface area contributed by atoms with Crippen LogP contribution in [0.15, 0.2) is 18.2 Å². The predicted octanol–water partition coefficient (Wildman–Crippen LogP) is 2.93. The molecular weight excluding hydrogens is 300 g/mol. The van der Waals surface area contributed by atoms with Gasteiger partial charge in [-0.05, 0) is 37.1 Å². The van der Waals surface area contributed by atoms with Crippen LogP contribution in [0.25, 0.3) is 0 Å². The standard InChI is InChI=1S/C12H11ClN4O4/c1-3-20-11-14-10(13)15-12(16-11)21-9-6-7(2)4-5-8(9)17(18)19/h4-6H,3H2,1-2H3. The maximum atomic E-state index is 11.0. The van der Waals surface area contributed by atoms with Gasteiger partial charge in [-0.1, -0.05) is 6.07 Å². The maximum Gasteiger partial charge on any atom is 0.329 e. The zero-order valence-electron chi connectivity index (χ0n) is 11.2. The Bertz CT molecular complexity index is 680. The molecule has 1 aromatic heterocycles.